The molecule has 4 aliphatic carbocycles. The van der Waals surface area contributed by atoms with E-state index in [9.17, 15) is 9.90 Å². The van der Waals surface area contributed by atoms with Crippen molar-refractivity contribution in [2.75, 3.05) is 6.54 Å². The van der Waals surface area contributed by atoms with Crippen molar-refractivity contribution in [3.8, 4) is 0 Å². The number of carbonyl (C=O) groups is 1. The van der Waals surface area contributed by atoms with Crippen LogP contribution in [0, 0.1) is 22.7 Å². The molecule has 0 aromatic carbocycles. The van der Waals surface area contributed by atoms with Crippen LogP contribution in [0.5, 0.6) is 0 Å². The van der Waals surface area contributed by atoms with Crippen molar-refractivity contribution >= 4 is 13.1 Å². The van der Waals surface area contributed by atoms with Crippen molar-refractivity contribution in [3.63, 3.8) is 0 Å². The van der Waals surface area contributed by atoms with Crippen LogP contribution in [0.15, 0.2) is 0 Å². The molecule has 6 fully saturated rings. The Morgan fingerprint density at radius 3 is 2.78 bits per heavy atom. The molecule has 0 unspecified atom stereocenters. The molecule has 2 aliphatic heterocycles. The van der Waals surface area contributed by atoms with Crippen LogP contribution >= 0.6 is 0 Å². The van der Waals surface area contributed by atoms with E-state index >= 15 is 0 Å². The van der Waals surface area contributed by atoms with Crippen LogP contribution in [0.1, 0.15) is 72.1 Å². The van der Waals surface area contributed by atoms with E-state index in [1.54, 1.807) is 0 Å². The number of carboxylic acids is 1. The van der Waals surface area contributed by atoms with Crippen molar-refractivity contribution in [2.45, 2.75) is 95.7 Å². The molecule has 2 heterocycles. The van der Waals surface area contributed by atoms with Crippen LogP contribution in [-0.4, -0.2) is 42.0 Å². The average molecular weight is 375 g/mol. The summed E-state index contributed by atoms with van der Waals surface area (Å²) in [4.78, 5) is 12.0. The molecule has 2 bridgehead atoms. The van der Waals surface area contributed by atoms with Gasteiger partial charge in [-0.2, -0.15) is 0 Å². The molecule has 6 atom stereocenters. The van der Waals surface area contributed by atoms with Gasteiger partial charge in [-0.15, -0.1) is 0 Å². The summed E-state index contributed by atoms with van der Waals surface area (Å²) in [6.07, 6.45) is 9.33. The van der Waals surface area contributed by atoms with Crippen molar-refractivity contribution in [3.05, 3.63) is 0 Å². The van der Waals surface area contributed by atoms with Crippen LogP contribution < -0.4 is 5.32 Å². The summed E-state index contributed by atoms with van der Waals surface area (Å²) in [5.74, 6) is 0.735. The summed E-state index contributed by atoms with van der Waals surface area (Å²) >= 11 is 0. The molecule has 0 amide bonds. The largest absolute Gasteiger partial charge is 0.480 e. The van der Waals surface area contributed by atoms with E-state index in [1.165, 1.54) is 6.42 Å². The molecule has 6 rings (SSSR count). The summed E-state index contributed by atoms with van der Waals surface area (Å²) < 4.78 is 12.9. The molecule has 6 aliphatic rings. The molecule has 27 heavy (non-hydrogen) atoms. The second-order valence-electron chi connectivity index (χ2n) is 10.8. The monoisotopic (exact) mass is 375 g/mol. The van der Waals surface area contributed by atoms with E-state index in [1.807, 2.05) is 0 Å². The van der Waals surface area contributed by atoms with Gasteiger partial charge >= 0.3 is 13.1 Å². The Morgan fingerprint density at radius 2 is 2.04 bits per heavy atom. The lowest BCUT2D eigenvalue weighted by Gasteiger charge is -2.64. The highest BCUT2D eigenvalue weighted by atomic mass is 16.7. The van der Waals surface area contributed by atoms with Gasteiger partial charge in [0.25, 0.3) is 0 Å². The maximum absolute atomic E-state index is 12.0. The van der Waals surface area contributed by atoms with Crippen molar-refractivity contribution in [1.29, 1.82) is 0 Å². The van der Waals surface area contributed by atoms with Crippen LogP contribution in [-0.2, 0) is 14.1 Å². The minimum Gasteiger partial charge on any atom is -0.480 e. The van der Waals surface area contributed by atoms with E-state index in [2.05, 4.69) is 26.1 Å². The predicted octanol–water partition coefficient (Wildman–Crippen LogP) is 3.48. The quantitative estimate of drug-likeness (QED) is 0.720. The Labute approximate surface area is 163 Å². The smallest absolute Gasteiger partial charge is 0.457 e. The lowest BCUT2D eigenvalue weighted by molar-refractivity contribution is -0.199. The number of aliphatic carboxylic acids is 1. The SMILES string of the molecule is CC1(C)[C@H]2C[C@H]3OB(CCC[C@@]45CCC[C@]4(C(=O)O)NCC5)O[C@@]3(C)[C@H]1C2. The zero-order valence-electron chi connectivity index (χ0n) is 17.1. The first kappa shape index (κ1) is 18.4. The highest BCUT2D eigenvalue weighted by molar-refractivity contribution is 6.45. The molecule has 0 radical (unpaired) electrons. The number of carboxylic acid groups (broad SMARTS) is 1. The Morgan fingerprint density at radius 1 is 1.22 bits per heavy atom. The second kappa shape index (κ2) is 5.73. The fourth-order valence-electron chi connectivity index (χ4n) is 7.86. The molecule has 5 nitrogen and oxygen atoms in total. The third kappa shape index (κ3) is 2.27. The zero-order chi connectivity index (χ0) is 19.1. The zero-order valence-corrected chi connectivity index (χ0v) is 17.1. The minimum absolute atomic E-state index is 0.0717. The second-order valence-corrected chi connectivity index (χ2v) is 10.8. The van der Waals surface area contributed by atoms with Gasteiger partial charge in [0.2, 0.25) is 0 Å². The van der Waals surface area contributed by atoms with E-state index in [4.69, 9.17) is 9.31 Å². The molecule has 4 saturated carbocycles. The van der Waals surface area contributed by atoms with Crippen LogP contribution in [0.3, 0.4) is 0 Å². The van der Waals surface area contributed by atoms with Crippen LogP contribution in [0.2, 0.25) is 6.32 Å². The standard InChI is InChI=1S/C21H34BNO4/c1-18(2)14-12-15(18)19(3)16(13-14)26-22(27-19)10-5-7-20-6-4-8-21(20,17(24)25)23-11-9-20/h14-16,23H,4-13H2,1-3H3,(H,24,25)/t14-,15+,16-,19+,20-,21-/m1/s1. The highest BCUT2D eigenvalue weighted by Gasteiger charge is 2.68. The van der Waals surface area contributed by atoms with Crippen LogP contribution in [0.4, 0.5) is 0 Å². The topological polar surface area (TPSA) is 67.8 Å². The van der Waals surface area contributed by atoms with Crippen molar-refractivity contribution in [2.24, 2.45) is 22.7 Å². The maximum Gasteiger partial charge on any atom is 0.457 e. The number of hydrogen-bond acceptors (Lipinski definition) is 4. The maximum atomic E-state index is 12.0. The third-order valence-corrected chi connectivity index (χ3v) is 9.60. The van der Waals surface area contributed by atoms with Gasteiger partial charge in [-0.3, -0.25) is 4.79 Å². The number of hydrogen-bond donors (Lipinski definition) is 2. The molecule has 150 valence electrons. The Bertz CT molecular complexity index is 642. The number of fused-ring (bicyclic) bond motifs is 1. The number of rotatable bonds is 5. The van der Waals surface area contributed by atoms with Gasteiger partial charge in [-0.1, -0.05) is 26.7 Å². The summed E-state index contributed by atoms with van der Waals surface area (Å²) in [5, 5.41) is 13.3. The summed E-state index contributed by atoms with van der Waals surface area (Å²) in [5.41, 5.74) is -0.509. The van der Waals surface area contributed by atoms with E-state index < -0.39 is 11.5 Å². The van der Waals surface area contributed by atoms with Gasteiger partial charge in [-0.25, -0.2) is 0 Å². The summed E-state index contributed by atoms with van der Waals surface area (Å²) in [6, 6.07) is 0. The Balaban J connectivity index is 1.22. The van der Waals surface area contributed by atoms with Gasteiger partial charge in [0.1, 0.15) is 5.54 Å². The van der Waals surface area contributed by atoms with Gasteiger partial charge < -0.3 is 19.7 Å². The van der Waals surface area contributed by atoms with Gasteiger partial charge in [-0.05, 0) is 75.6 Å². The molecule has 0 spiro atoms. The first-order chi connectivity index (χ1) is 12.7. The lowest BCUT2D eigenvalue weighted by Crippen LogP contribution is -2.65. The molecular weight excluding hydrogens is 341 g/mol. The van der Waals surface area contributed by atoms with Gasteiger partial charge in [0.15, 0.2) is 0 Å². The highest BCUT2D eigenvalue weighted by Crippen LogP contribution is 2.66. The molecule has 0 aromatic rings. The lowest BCUT2D eigenvalue weighted by atomic mass is 9.43. The summed E-state index contributed by atoms with van der Waals surface area (Å²) in [6.45, 7) is 7.89. The first-order valence-corrected chi connectivity index (χ1v) is 11.1. The molecular formula is C21H34BNO4. The fourth-order valence-corrected chi connectivity index (χ4v) is 7.86. The van der Waals surface area contributed by atoms with Gasteiger partial charge in [0, 0.05) is 5.41 Å². The minimum atomic E-state index is -0.685. The van der Waals surface area contributed by atoms with Gasteiger partial charge in [0.05, 0.1) is 11.7 Å². The van der Waals surface area contributed by atoms with E-state index in [0.29, 0.717) is 11.3 Å². The van der Waals surface area contributed by atoms with Crippen molar-refractivity contribution < 1.29 is 19.2 Å². The number of nitrogens with one attached hydrogen (secondary N) is 1. The predicted molar refractivity (Wildman–Crippen MR) is 103 cm³/mol. The molecule has 6 heteroatoms. The third-order valence-electron chi connectivity index (χ3n) is 9.60. The van der Waals surface area contributed by atoms with Crippen molar-refractivity contribution in [1.82, 2.24) is 5.32 Å². The fraction of sp³-hybridized carbons (Fsp3) is 0.952. The molecule has 2 N–H and O–H groups in total. The Kier molecular flexibility index (Phi) is 3.91. The summed E-state index contributed by atoms with van der Waals surface area (Å²) in [7, 11) is -0.110. The average Bonchev–Trinajstić information content (AvgIpc) is 3.22. The van der Waals surface area contributed by atoms with E-state index in [0.717, 1.165) is 63.7 Å². The molecule has 0 aromatic heterocycles. The molecule has 2 saturated heterocycles. The first-order valence-electron chi connectivity index (χ1n) is 11.1. The Hall–Kier alpha value is -0.585. The van der Waals surface area contributed by atoms with E-state index in [-0.39, 0.29) is 24.2 Å². The van der Waals surface area contributed by atoms with Crippen LogP contribution in [0.25, 0.3) is 0 Å². The normalized spacial score (nSPS) is 49.6.